The number of benzene rings is 2. The minimum absolute atomic E-state index is 0.569. The zero-order chi connectivity index (χ0) is 29.6. The molecule has 9 heteroatoms. The van der Waals surface area contributed by atoms with Gasteiger partial charge < -0.3 is 8.85 Å². The Morgan fingerprint density at radius 1 is 0.641 bits per heavy atom. The minimum atomic E-state index is -1.55. The summed E-state index contributed by atoms with van der Waals surface area (Å²) in [7, 11) is 6.30. The van der Waals surface area contributed by atoms with Gasteiger partial charge >= 0.3 is 33.0 Å². The van der Waals surface area contributed by atoms with E-state index in [2.05, 4.69) is 103 Å². The normalized spacial score (nSPS) is 12.9. The van der Waals surface area contributed by atoms with Gasteiger partial charge in [0.25, 0.3) is 0 Å². The summed E-state index contributed by atoms with van der Waals surface area (Å²) in [6.45, 7) is 23.5. The van der Waals surface area contributed by atoms with Crippen LogP contribution in [0.25, 0.3) is 0 Å². The van der Waals surface area contributed by atoms with E-state index < -0.39 is 16.6 Å². The van der Waals surface area contributed by atoms with E-state index in [1.807, 2.05) is 0 Å². The summed E-state index contributed by atoms with van der Waals surface area (Å²) < 4.78 is 12.4. The molecule has 0 aliphatic carbocycles. The van der Waals surface area contributed by atoms with Crippen LogP contribution in [0.2, 0.25) is 39.3 Å². The molecular weight excluding hydrogens is 606 g/mol. The van der Waals surface area contributed by atoms with Crippen molar-refractivity contribution in [3.63, 3.8) is 0 Å². The van der Waals surface area contributed by atoms with Crippen molar-refractivity contribution in [3.8, 4) is 0 Å². The van der Waals surface area contributed by atoms with E-state index in [1.165, 1.54) is 22.3 Å². The molecular formula is C30H48Cl2N2NiO2Si2. The summed E-state index contributed by atoms with van der Waals surface area (Å²) in [6, 6.07) is 12.8. The SMILES string of the molecule is Cc1cccc(C)c1N=C(CCCO[Si](C)(C)C)C(CCCO[Si](C)(C)C)=Nc1c(C)cccc1C.[Cl][Ni][Cl]. The van der Waals surface area contributed by atoms with Crippen molar-refractivity contribution in [2.45, 2.75) is 92.7 Å². The number of rotatable bonds is 13. The first-order valence-corrected chi connectivity index (χ1v) is 23.1. The maximum absolute atomic E-state index is 6.18. The van der Waals surface area contributed by atoms with E-state index in [9.17, 15) is 0 Å². The number of aryl methyl sites for hydroxylation is 4. The fourth-order valence-corrected chi connectivity index (χ4v) is 5.51. The zero-order valence-electron chi connectivity index (χ0n) is 25.5. The average molecular weight is 654 g/mol. The molecule has 2 aromatic rings. The van der Waals surface area contributed by atoms with Gasteiger partial charge in [0.1, 0.15) is 0 Å². The number of aliphatic imine (C=N–C) groups is 2. The summed E-state index contributed by atoms with van der Waals surface area (Å²) in [5.74, 6) is 0. The van der Waals surface area contributed by atoms with Gasteiger partial charge in [-0.2, -0.15) is 0 Å². The molecule has 0 saturated carbocycles. The molecule has 0 saturated heterocycles. The zero-order valence-corrected chi connectivity index (χ0v) is 30.0. The van der Waals surface area contributed by atoms with Crippen LogP contribution < -0.4 is 0 Å². The van der Waals surface area contributed by atoms with Crippen LogP contribution in [0.15, 0.2) is 46.4 Å². The van der Waals surface area contributed by atoms with Crippen LogP contribution in [-0.4, -0.2) is 41.3 Å². The first-order chi connectivity index (χ1) is 18.2. The summed E-state index contributed by atoms with van der Waals surface area (Å²) in [5, 5.41) is 0. The quantitative estimate of drug-likeness (QED) is 0.123. The second kappa shape index (κ2) is 17.9. The van der Waals surface area contributed by atoms with Gasteiger partial charge in [0.15, 0.2) is 16.6 Å². The summed E-state index contributed by atoms with van der Waals surface area (Å²) >= 11 is 0.569. The van der Waals surface area contributed by atoms with Crippen LogP contribution >= 0.6 is 20.4 Å². The topological polar surface area (TPSA) is 43.2 Å². The molecule has 0 unspecified atom stereocenters. The molecule has 0 spiro atoms. The van der Waals surface area contributed by atoms with Gasteiger partial charge in [0.05, 0.1) is 22.8 Å². The predicted octanol–water partition coefficient (Wildman–Crippen LogP) is 10.4. The van der Waals surface area contributed by atoms with E-state index in [0.717, 1.165) is 61.7 Å². The Hall–Kier alpha value is -0.793. The van der Waals surface area contributed by atoms with Crippen molar-refractivity contribution in [1.82, 2.24) is 0 Å². The van der Waals surface area contributed by atoms with E-state index in [0.29, 0.717) is 12.7 Å². The monoisotopic (exact) mass is 652 g/mol. The fraction of sp³-hybridized carbons (Fsp3) is 0.533. The van der Waals surface area contributed by atoms with Crippen molar-refractivity contribution in [1.29, 1.82) is 0 Å². The molecule has 0 radical (unpaired) electrons. The molecule has 0 aliphatic rings. The standard InChI is InChI=1S/C30H48N2O2Si2.2ClH.Ni/c1-23-15-11-16-24(2)29(23)31-27(19-13-21-33-35(5,6)7)28(20-14-22-34-36(8,9)10)32-30-25(3)17-12-18-26(30)4;;;/h11-12,15-18H,13-14,19-22H2,1-10H3;2*1H;/q;;;+2/p-2. The van der Waals surface area contributed by atoms with Gasteiger partial charge in [-0.25, -0.2) is 0 Å². The maximum atomic E-state index is 6.18. The Bertz CT molecular complexity index is 971. The molecule has 4 nitrogen and oxygen atoms in total. The first kappa shape index (κ1) is 36.2. The molecule has 2 rings (SSSR count). The molecule has 0 aliphatic heterocycles. The van der Waals surface area contributed by atoms with E-state index in [1.54, 1.807) is 0 Å². The van der Waals surface area contributed by atoms with Crippen molar-refractivity contribution in [2.24, 2.45) is 9.98 Å². The molecule has 0 aromatic heterocycles. The van der Waals surface area contributed by atoms with Crippen molar-refractivity contribution >= 4 is 59.8 Å². The molecule has 0 amide bonds. The van der Waals surface area contributed by atoms with E-state index in [4.69, 9.17) is 39.2 Å². The predicted molar refractivity (Wildman–Crippen MR) is 175 cm³/mol. The van der Waals surface area contributed by atoms with Crippen LogP contribution in [0.3, 0.4) is 0 Å². The Kier molecular flexibility index (Phi) is 16.6. The van der Waals surface area contributed by atoms with Crippen molar-refractivity contribution in [3.05, 3.63) is 58.7 Å². The third-order valence-corrected chi connectivity index (χ3v) is 8.03. The second-order valence-electron chi connectivity index (χ2n) is 11.8. The Labute approximate surface area is 254 Å². The third-order valence-electron chi connectivity index (χ3n) is 5.89. The average Bonchev–Trinajstić information content (AvgIpc) is 2.81. The molecule has 222 valence electrons. The second-order valence-corrected chi connectivity index (χ2v) is 22.4. The molecule has 0 heterocycles. The van der Waals surface area contributed by atoms with Gasteiger partial charge in [-0.15, -0.1) is 0 Å². The number of hydrogen-bond acceptors (Lipinski definition) is 4. The number of nitrogens with zero attached hydrogens (tertiary/aromatic N) is 2. The summed E-state index contributed by atoms with van der Waals surface area (Å²) in [6.07, 6.45) is 3.56. The Morgan fingerprint density at radius 3 is 1.18 bits per heavy atom. The molecule has 0 N–H and O–H groups in total. The van der Waals surface area contributed by atoms with Crippen LogP contribution in [0.5, 0.6) is 0 Å². The summed E-state index contributed by atoms with van der Waals surface area (Å²) in [4.78, 5) is 10.6. The van der Waals surface area contributed by atoms with E-state index >= 15 is 0 Å². The van der Waals surface area contributed by atoms with Crippen LogP contribution in [0.4, 0.5) is 11.4 Å². The van der Waals surface area contributed by atoms with Gasteiger partial charge in [-0.3, -0.25) is 9.98 Å². The van der Waals surface area contributed by atoms with Crippen LogP contribution in [0, 0.1) is 27.7 Å². The fourth-order valence-electron chi connectivity index (χ4n) is 4.00. The molecule has 39 heavy (non-hydrogen) atoms. The van der Waals surface area contributed by atoms with Gasteiger partial charge in [-0.1, -0.05) is 36.4 Å². The third kappa shape index (κ3) is 15.1. The number of hydrogen-bond donors (Lipinski definition) is 0. The van der Waals surface area contributed by atoms with E-state index in [-0.39, 0.29) is 0 Å². The molecule has 2 aromatic carbocycles. The Balaban J connectivity index is 0.00000242. The van der Waals surface area contributed by atoms with Crippen LogP contribution in [0.1, 0.15) is 47.9 Å². The molecule has 0 fully saturated rings. The molecule has 0 bridgehead atoms. The molecule has 0 atom stereocenters. The van der Waals surface area contributed by atoms with Crippen molar-refractivity contribution < 1.29 is 21.5 Å². The first-order valence-electron chi connectivity index (χ1n) is 13.6. The summed E-state index contributed by atoms with van der Waals surface area (Å²) in [5.41, 5.74) is 9.04. The van der Waals surface area contributed by atoms with Gasteiger partial charge in [0.2, 0.25) is 0 Å². The number of halogens is 2. The Morgan fingerprint density at radius 2 is 0.923 bits per heavy atom. The van der Waals surface area contributed by atoms with Gasteiger partial charge in [-0.05, 0) is 115 Å². The van der Waals surface area contributed by atoms with Gasteiger partial charge in [0, 0.05) is 13.2 Å². The van der Waals surface area contributed by atoms with Crippen molar-refractivity contribution in [2.75, 3.05) is 13.2 Å². The van der Waals surface area contributed by atoms with Crippen LogP contribution in [-0.2, 0) is 21.5 Å². The number of para-hydroxylation sites is 2.